The van der Waals surface area contributed by atoms with Crippen molar-refractivity contribution in [1.29, 1.82) is 0 Å². The number of hydrogen-bond donors (Lipinski definition) is 3. The predicted octanol–water partition coefficient (Wildman–Crippen LogP) is 3.86. The number of nitrogens with one attached hydrogen (secondary N) is 1. The number of hydrogen-bond acceptors (Lipinski definition) is 9. The molecule has 206 valence electrons. The van der Waals surface area contributed by atoms with E-state index in [-0.39, 0.29) is 0 Å². The van der Waals surface area contributed by atoms with Crippen LogP contribution in [0.4, 0.5) is 5.82 Å². The molecule has 0 saturated carbocycles. The quantitative estimate of drug-likeness (QED) is 0.140. The molecule has 0 bridgehead atoms. The van der Waals surface area contributed by atoms with E-state index >= 15 is 0 Å². The molecule has 11 nitrogen and oxygen atoms in total. The molecule has 2 aromatic heterocycles. The monoisotopic (exact) mass is 587 g/mol. The van der Waals surface area contributed by atoms with E-state index in [9.17, 15) is 4.79 Å². The Balaban J connectivity index is 1.41. The van der Waals surface area contributed by atoms with Crippen molar-refractivity contribution >= 4 is 58.2 Å². The third-order valence-electron chi connectivity index (χ3n) is 6.95. The second kappa shape index (κ2) is 10.8. The number of fused-ring (bicyclic) bond motifs is 1. The number of nitrogens with two attached hydrogens (primary N) is 2. The van der Waals surface area contributed by atoms with Crippen molar-refractivity contribution < 1.29 is 9.32 Å². The largest absolute Gasteiger partial charge is 0.380 e. The minimum absolute atomic E-state index is 0.294. The average molecular weight is 588 g/mol. The van der Waals surface area contributed by atoms with Gasteiger partial charge in [-0.25, -0.2) is 0 Å². The van der Waals surface area contributed by atoms with E-state index in [4.69, 9.17) is 44.2 Å². The lowest BCUT2D eigenvalue weighted by Gasteiger charge is -2.28. The van der Waals surface area contributed by atoms with Crippen LogP contribution in [0.15, 0.2) is 88.1 Å². The molecule has 1 aliphatic heterocycles. The fourth-order valence-corrected chi connectivity index (χ4v) is 5.39. The lowest BCUT2D eigenvalue weighted by Crippen LogP contribution is -2.44. The highest BCUT2D eigenvalue weighted by atomic mass is 35.5. The first-order valence-corrected chi connectivity index (χ1v) is 13.3. The number of amides is 1. The van der Waals surface area contributed by atoms with Crippen molar-refractivity contribution in [2.45, 2.75) is 17.6 Å². The standard InChI is InChI=1S/C28H23Cl2N9O2/c29-19-7-9-23(39-15-34-37-38-39)17(11-19)12-21(26(32)40)22(10-16-4-2-1-3-5-16)27-33-14-28(30,35-27)18-6-8-20-24(13-18)41-36-25(20)31/h1-9,11-15,22,27,35H,10H2,(H2,31,36)(H2,32,40)/t22-,27?,28?/m0/s1. The van der Waals surface area contributed by atoms with Gasteiger partial charge in [-0.2, -0.15) is 4.68 Å². The van der Waals surface area contributed by atoms with Gasteiger partial charge in [-0.3, -0.25) is 15.1 Å². The number of primary amides is 1. The number of alkyl halides is 1. The number of rotatable bonds is 8. The molecular formula is C28H23Cl2N9O2. The summed E-state index contributed by atoms with van der Waals surface area (Å²) >= 11 is 13.4. The van der Waals surface area contributed by atoms with Crippen LogP contribution in [0.3, 0.4) is 0 Å². The topological polar surface area (TPSA) is 163 Å². The Labute approximate surface area is 243 Å². The van der Waals surface area contributed by atoms with Crippen molar-refractivity contribution in [3.05, 3.63) is 100 Å². The molecule has 3 heterocycles. The molecular weight excluding hydrogens is 565 g/mol. The van der Waals surface area contributed by atoms with Gasteiger partial charge < -0.3 is 16.0 Å². The van der Waals surface area contributed by atoms with Crippen molar-refractivity contribution in [2.75, 3.05) is 5.73 Å². The molecule has 5 N–H and O–H groups in total. The van der Waals surface area contributed by atoms with Gasteiger partial charge in [0.15, 0.2) is 16.4 Å². The molecule has 2 unspecified atom stereocenters. The van der Waals surface area contributed by atoms with E-state index in [2.05, 4.69) is 26.0 Å². The van der Waals surface area contributed by atoms with E-state index in [1.54, 1.807) is 42.6 Å². The Hall–Kier alpha value is -4.58. The molecule has 3 aromatic carbocycles. The average Bonchev–Trinajstić information content (AvgIpc) is 3.72. The third-order valence-corrected chi connectivity index (χ3v) is 7.61. The summed E-state index contributed by atoms with van der Waals surface area (Å²) in [5.41, 5.74) is 15.6. The molecule has 5 aromatic rings. The van der Waals surface area contributed by atoms with Gasteiger partial charge in [-0.15, -0.1) is 5.10 Å². The van der Waals surface area contributed by atoms with Gasteiger partial charge in [-0.05, 0) is 64.4 Å². The van der Waals surface area contributed by atoms with E-state index in [0.717, 1.165) is 5.56 Å². The first-order chi connectivity index (χ1) is 19.8. The summed E-state index contributed by atoms with van der Waals surface area (Å²) in [4.78, 5) is 16.6. The Bertz CT molecular complexity index is 1790. The second-order valence-electron chi connectivity index (χ2n) is 9.58. The number of aliphatic imine (C=N–C) groups is 1. The van der Waals surface area contributed by atoms with Crippen LogP contribution in [0, 0.1) is 5.92 Å². The van der Waals surface area contributed by atoms with Crippen LogP contribution in [0.1, 0.15) is 16.7 Å². The summed E-state index contributed by atoms with van der Waals surface area (Å²) in [5.74, 6) is -0.837. The molecule has 1 aliphatic rings. The number of carbonyl (C=O) groups is 1. The molecule has 0 fully saturated rings. The van der Waals surface area contributed by atoms with Gasteiger partial charge in [0.2, 0.25) is 5.91 Å². The summed E-state index contributed by atoms with van der Waals surface area (Å²) < 4.78 is 6.81. The molecule has 0 saturated heterocycles. The normalized spacial score (nSPS) is 19.6. The van der Waals surface area contributed by atoms with Crippen molar-refractivity contribution in [2.24, 2.45) is 16.6 Å². The highest BCUT2D eigenvalue weighted by Gasteiger charge is 2.40. The minimum Gasteiger partial charge on any atom is -0.380 e. The van der Waals surface area contributed by atoms with E-state index in [1.807, 2.05) is 36.4 Å². The molecule has 41 heavy (non-hydrogen) atoms. The number of anilines is 1. The van der Waals surface area contributed by atoms with Gasteiger partial charge in [0.05, 0.1) is 11.1 Å². The first-order valence-electron chi connectivity index (χ1n) is 12.6. The number of tetrazole rings is 1. The van der Waals surface area contributed by atoms with Crippen LogP contribution >= 0.6 is 23.2 Å². The van der Waals surface area contributed by atoms with Crippen LogP contribution in [0.2, 0.25) is 5.02 Å². The van der Waals surface area contributed by atoms with Crippen LogP contribution < -0.4 is 16.8 Å². The van der Waals surface area contributed by atoms with Crippen LogP contribution in [0.5, 0.6) is 0 Å². The zero-order valence-corrected chi connectivity index (χ0v) is 22.9. The van der Waals surface area contributed by atoms with Crippen molar-refractivity contribution in [1.82, 2.24) is 30.7 Å². The number of benzene rings is 3. The van der Waals surface area contributed by atoms with Gasteiger partial charge in [0, 0.05) is 28.3 Å². The Morgan fingerprint density at radius 1 is 1.17 bits per heavy atom. The van der Waals surface area contributed by atoms with Gasteiger partial charge in [-0.1, -0.05) is 64.8 Å². The predicted molar refractivity (Wildman–Crippen MR) is 156 cm³/mol. The first kappa shape index (κ1) is 26.6. The van der Waals surface area contributed by atoms with E-state index in [1.165, 1.54) is 11.0 Å². The highest BCUT2D eigenvalue weighted by molar-refractivity contribution is 6.32. The Kier molecular flexibility index (Phi) is 7.00. The Morgan fingerprint density at radius 3 is 2.76 bits per heavy atom. The fourth-order valence-electron chi connectivity index (χ4n) is 4.93. The lowest BCUT2D eigenvalue weighted by atomic mass is 9.87. The summed E-state index contributed by atoms with van der Waals surface area (Å²) in [6, 6.07) is 20.3. The van der Waals surface area contributed by atoms with Crippen molar-refractivity contribution in [3.63, 3.8) is 0 Å². The molecule has 0 spiro atoms. The third kappa shape index (κ3) is 5.30. The second-order valence-corrected chi connectivity index (χ2v) is 10.6. The molecule has 6 rings (SSSR count). The molecule has 0 aliphatic carbocycles. The SMILES string of the molecule is NC(=O)C(=Cc1cc(Cl)ccc1-n1cnnn1)[C@H](Cc1ccccc1)C1N=CC(Cl)(c2ccc3c(N)noc3c2)N1. The summed E-state index contributed by atoms with van der Waals surface area (Å²) in [6.07, 6.45) is 4.60. The number of carbonyl (C=O) groups excluding carboxylic acids is 1. The van der Waals surface area contributed by atoms with Gasteiger partial charge in [0.25, 0.3) is 0 Å². The molecule has 13 heteroatoms. The maximum absolute atomic E-state index is 13.1. The summed E-state index contributed by atoms with van der Waals surface area (Å²) in [7, 11) is 0. The summed E-state index contributed by atoms with van der Waals surface area (Å²) in [6.45, 7) is 0. The number of halogens is 2. The molecule has 0 radical (unpaired) electrons. The maximum atomic E-state index is 13.1. The van der Waals surface area contributed by atoms with E-state index < -0.39 is 23.0 Å². The number of nitrogen functional groups attached to an aromatic ring is 1. The lowest BCUT2D eigenvalue weighted by molar-refractivity contribution is -0.115. The Morgan fingerprint density at radius 2 is 2.00 bits per heavy atom. The zero-order valence-electron chi connectivity index (χ0n) is 21.4. The molecule has 1 amide bonds. The van der Waals surface area contributed by atoms with Gasteiger partial charge in [0.1, 0.15) is 12.5 Å². The maximum Gasteiger partial charge on any atom is 0.245 e. The van der Waals surface area contributed by atoms with Crippen molar-refractivity contribution in [3.8, 4) is 5.69 Å². The smallest absolute Gasteiger partial charge is 0.245 e. The number of nitrogens with zero attached hydrogens (tertiary/aromatic N) is 6. The molecule has 3 atom stereocenters. The van der Waals surface area contributed by atoms with Crippen LogP contribution in [-0.2, 0) is 16.2 Å². The number of aromatic nitrogens is 5. The summed E-state index contributed by atoms with van der Waals surface area (Å²) in [5, 5.41) is 19.8. The fraction of sp³-hybridized carbons (Fsp3) is 0.143. The van der Waals surface area contributed by atoms with Crippen LogP contribution in [-0.4, -0.2) is 43.7 Å². The van der Waals surface area contributed by atoms with Gasteiger partial charge >= 0.3 is 0 Å². The van der Waals surface area contributed by atoms with E-state index in [0.29, 0.717) is 50.6 Å². The zero-order chi connectivity index (χ0) is 28.6. The minimum atomic E-state index is -1.19. The highest BCUT2D eigenvalue weighted by Crippen LogP contribution is 2.36. The van der Waals surface area contributed by atoms with Crippen LogP contribution in [0.25, 0.3) is 22.7 Å².